The average Bonchev–Trinajstić information content (AvgIpc) is 2.63. The molecule has 4 N–H and O–H groups in total. The second-order valence-corrected chi connectivity index (χ2v) is 6.86. The first-order valence-corrected chi connectivity index (χ1v) is 9.25. The Bertz CT molecular complexity index is 646. The lowest BCUT2D eigenvalue weighted by molar-refractivity contribution is -0.122. The number of methoxy groups -OCH3 is 1. The average molecular weight is 383 g/mol. The molecule has 26 heavy (non-hydrogen) atoms. The molecule has 8 heteroatoms. The number of hydrogen-bond acceptors (Lipinski definition) is 5. The van der Waals surface area contributed by atoms with Crippen LogP contribution in [-0.4, -0.2) is 56.0 Å². The molecule has 7 nitrogen and oxygen atoms in total. The van der Waals surface area contributed by atoms with Crippen molar-refractivity contribution in [2.45, 2.75) is 32.2 Å². The van der Waals surface area contributed by atoms with E-state index in [2.05, 4.69) is 15.5 Å². The van der Waals surface area contributed by atoms with Gasteiger partial charge >= 0.3 is 0 Å². The quantitative estimate of drug-likeness (QED) is 0.623. The van der Waals surface area contributed by atoms with Gasteiger partial charge in [0.25, 0.3) is 5.91 Å². The van der Waals surface area contributed by atoms with Crippen molar-refractivity contribution < 1.29 is 14.3 Å². The normalized spacial score (nSPS) is 15.5. The summed E-state index contributed by atoms with van der Waals surface area (Å²) in [6.45, 7) is 4.67. The summed E-state index contributed by atoms with van der Waals surface area (Å²) in [4.78, 5) is 26.5. The number of halogens is 1. The maximum absolute atomic E-state index is 12.6. The predicted molar refractivity (Wildman–Crippen MR) is 103 cm³/mol. The number of likely N-dealkylation sites (tertiary alicyclic amines) is 1. The van der Waals surface area contributed by atoms with Gasteiger partial charge in [0.05, 0.1) is 29.9 Å². The number of amides is 2. The lowest BCUT2D eigenvalue weighted by Crippen LogP contribution is -2.47. The summed E-state index contributed by atoms with van der Waals surface area (Å²) in [6, 6.07) is 3.13. The van der Waals surface area contributed by atoms with Gasteiger partial charge in [0.2, 0.25) is 5.91 Å². The Hall–Kier alpha value is -1.99. The minimum absolute atomic E-state index is 0.0515. The second-order valence-electron chi connectivity index (χ2n) is 6.45. The molecule has 0 unspecified atom stereocenters. The Morgan fingerprint density at radius 2 is 2.04 bits per heavy atom. The third-order valence-electron chi connectivity index (χ3n) is 4.43. The molecule has 1 aromatic carbocycles. The van der Waals surface area contributed by atoms with Crippen LogP contribution in [0, 0.1) is 0 Å². The fourth-order valence-corrected chi connectivity index (χ4v) is 3.10. The zero-order valence-corrected chi connectivity index (χ0v) is 16.1. The van der Waals surface area contributed by atoms with Crippen LogP contribution in [0.5, 0.6) is 5.75 Å². The highest BCUT2D eigenvalue weighted by Gasteiger charge is 2.24. The lowest BCUT2D eigenvalue weighted by atomic mass is 10.0. The summed E-state index contributed by atoms with van der Waals surface area (Å²) in [6.07, 6.45) is 2.51. The first-order valence-electron chi connectivity index (χ1n) is 8.87. The Balaban J connectivity index is 1.87. The summed E-state index contributed by atoms with van der Waals surface area (Å²) in [5, 5.41) is 6.22. The van der Waals surface area contributed by atoms with Gasteiger partial charge in [-0.2, -0.15) is 0 Å². The van der Waals surface area contributed by atoms with Crippen LogP contribution >= 0.6 is 11.6 Å². The maximum Gasteiger partial charge on any atom is 0.255 e. The van der Waals surface area contributed by atoms with E-state index < -0.39 is 0 Å². The maximum atomic E-state index is 12.6. The number of rotatable bonds is 7. The highest BCUT2D eigenvalue weighted by atomic mass is 35.5. The van der Waals surface area contributed by atoms with E-state index in [0.29, 0.717) is 35.1 Å². The number of benzene rings is 1. The third kappa shape index (κ3) is 5.51. The van der Waals surface area contributed by atoms with Crippen LogP contribution in [-0.2, 0) is 4.79 Å². The van der Waals surface area contributed by atoms with Crippen LogP contribution in [0.3, 0.4) is 0 Å². The number of carbonyl (C=O) groups is 2. The van der Waals surface area contributed by atoms with E-state index >= 15 is 0 Å². The van der Waals surface area contributed by atoms with E-state index in [4.69, 9.17) is 22.1 Å². The number of piperidine rings is 1. The van der Waals surface area contributed by atoms with E-state index in [-0.39, 0.29) is 17.9 Å². The highest BCUT2D eigenvalue weighted by molar-refractivity contribution is 6.33. The topological polar surface area (TPSA) is 96.7 Å². The summed E-state index contributed by atoms with van der Waals surface area (Å²) >= 11 is 6.03. The Morgan fingerprint density at radius 1 is 1.35 bits per heavy atom. The van der Waals surface area contributed by atoms with Crippen LogP contribution < -0.4 is 21.1 Å². The van der Waals surface area contributed by atoms with Gasteiger partial charge in [-0.25, -0.2) is 0 Å². The van der Waals surface area contributed by atoms with Gasteiger partial charge in [-0.05, 0) is 25.3 Å². The molecule has 0 aliphatic carbocycles. The van der Waals surface area contributed by atoms with E-state index in [1.807, 2.05) is 6.92 Å². The van der Waals surface area contributed by atoms with Crippen molar-refractivity contribution in [1.29, 1.82) is 0 Å². The number of ether oxygens (including phenoxy) is 1. The molecular weight excluding hydrogens is 356 g/mol. The van der Waals surface area contributed by atoms with Crippen LogP contribution in [0.4, 0.5) is 5.69 Å². The molecule has 1 aromatic rings. The molecule has 1 heterocycles. The smallest absolute Gasteiger partial charge is 0.255 e. The van der Waals surface area contributed by atoms with Crippen LogP contribution in [0.25, 0.3) is 0 Å². The van der Waals surface area contributed by atoms with E-state index in [1.54, 1.807) is 6.07 Å². The number of hydrogen-bond donors (Lipinski definition) is 3. The van der Waals surface area contributed by atoms with Gasteiger partial charge in [-0.3, -0.25) is 14.5 Å². The molecular formula is C18H27ClN4O3. The molecule has 1 saturated heterocycles. The van der Waals surface area contributed by atoms with Crippen LogP contribution in [0.1, 0.15) is 36.5 Å². The van der Waals surface area contributed by atoms with Gasteiger partial charge in [0.15, 0.2) is 0 Å². The summed E-state index contributed by atoms with van der Waals surface area (Å²) in [7, 11) is 1.49. The molecule has 1 aliphatic rings. The van der Waals surface area contributed by atoms with Crippen LogP contribution in [0.2, 0.25) is 5.02 Å². The second kappa shape index (κ2) is 9.64. The van der Waals surface area contributed by atoms with Gasteiger partial charge in [0.1, 0.15) is 5.75 Å². The zero-order valence-electron chi connectivity index (χ0n) is 15.3. The van der Waals surface area contributed by atoms with Crippen molar-refractivity contribution in [2.75, 3.05) is 39.0 Å². The Labute approximate surface area is 159 Å². The van der Waals surface area contributed by atoms with Crippen LogP contribution in [0.15, 0.2) is 12.1 Å². The van der Waals surface area contributed by atoms with Crippen molar-refractivity contribution in [1.82, 2.24) is 15.5 Å². The van der Waals surface area contributed by atoms with Gasteiger partial charge < -0.3 is 21.1 Å². The number of nitrogen functional groups attached to an aromatic ring is 1. The third-order valence-corrected chi connectivity index (χ3v) is 4.75. The lowest BCUT2D eigenvalue weighted by Gasteiger charge is -2.32. The largest absolute Gasteiger partial charge is 0.496 e. The standard InChI is InChI=1S/C18H27ClN4O3/c1-3-6-21-17(24)11-23-7-4-12(5-8-23)22-18(25)13-9-14(19)15(20)10-16(13)26-2/h9-10,12H,3-8,11,20H2,1-2H3,(H,21,24)(H,22,25). The fourth-order valence-electron chi connectivity index (χ4n) is 2.94. The minimum Gasteiger partial charge on any atom is -0.496 e. The Morgan fingerprint density at radius 3 is 2.65 bits per heavy atom. The zero-order chi connectivity index (χ0) is 19.1. The molecule has 1 fully saturated rings. The number of anilines is 1. The molecule has 0 radical (unpaired) electrons. The summed E-state index contributed by atoms with van der Waals surface area (Å²) in [5.41, 5.74) is 6.49. The van der Waals surface area contributed by atoms with Crippen molar-refractivity contribution in [3.8, 4) is 5.75 Å². The van der Waals surface area contributed by atoms with Gasteiger partial charge in [0, 0.05) is 31.7 Å². The Kier molecular flexibility index (Phi) is 7.53. The van der Waals surface area contributed by atoms with Gasteiger partial charge in [-0.15, -0.1) is 0 Å². The number of nitrogens with zero attached hydrogens (tertiary/aromatic N) is 1. The van der Waals surface area contributed by atoms with E-state index in [9.17, 15) is 9.59 Å². The molecule has 0 saturated carbocycles. The first kappa shape index (κ1) is 20.3. The molecule has 2 rings (SSSR count). The molecule has 0 bridgehead atoms. The van der Waals surface area contributed by atoms with E-state index in [1.165, 1.54) is 13.2 Å². The molecule has 144 valence electrons. The van der Waals surface area contributed by atoms with Crippen molar-refractivity contribution >= 4 is 29.1 Å². The summed E-state index contributed by atoms with van der Waals surface area (Å²) in [5.74, 6) is 0.216. The predicted octanol–water partition coefficient (Wildman–Crippen LogP) is 1.65. The van der Waals surface area contributed by atoms with Gasteiger partial charge in [-0.1, -0.05) is 18.5 Å². The van der Waals surface area contributed by atoms with Crippen molar-refractivity contribution in [3.63, 3.8) is 0 Å². The SMILES string of the molecule is CCCNC(=O)CN1CCC(NC(=O)c2cc(Cl)c(N)cc2OC)CC1. The number of nitrogens with two attached hydrogens (primary N) is 1. The monoisotopic (exact) mass is 382 g/mol. The summed E-state index contributed by atoms with van der Waals surface area (Å²) < 4.78 is 5.23. The van der Waals surface area contributed by atoms with E-state index in [0.717, 1.165) is 32.4 Å². The number of carbonyl (C=O) groups excluding carboxylic acids is 2. The molecule has 2 amide bonds. The number of nitrogens with one attached hydrogen (secondary N) is 2. The highest BCUT2D eigenvalue weighted by Crippen LogP contribution is 2.29. The molecule has 0 spiro atoms. The fraction of sp³-hybridized carbons (Fsp3) is 0.556. The van der Waals surface area contributed by atoms with Crippen molar-refractivity contribution in [2.24, 2.45) is 0 Å². The molecule has 0 aromatic heterocycles. The molecule has 0 atom stereocenters. The molecule has 1 aliphatic heterocycles. The first-order chi connectivity index (χ1) is 12.4. The minimum atomic E-state index is -0.233. The van der Waals surface area contributed by atoms with Crippen molar-refractivity contribution in [3.05, 3.63) is 22.7 Å².